The highest BCUT2D eigenvalue weighted by molar-refractivity contribution is 5.79. The lowest BCUT2D eigenvalue weighted by Gasteiger charge is -2.29. The summed E-state index contributed by atoms with van der Waals surface area (Å²) < 4.78 is 16.1. The molecule has 0 aliphatic carbocycles. The van der Waals surface area contributed by atoms with Crippen LogP contribution in [0.1, 0.15) is 24.2 Å². The number of hydrogen-bond acceptors (Lipinski definition) is 4. The second-order valence-corrected chi connectivity index (χ2v) is 7.18. The van der Waals surface area contributed by atoms with Crippen LogP contribution in [0.25, 0.3) is 0 Å². The maximum atomic E-state index is 5.49. The first-order chi connectivity index (χ1) is 13.7. The Balaban J connectivity index is 1.60. The first-order valence-electron chi connectivity index (χ1n) is 9.97. The minimum absolute atomic E-state index is 0.630. The minimum atomic E-state index is 0.630. The van der Waals surface area contributed by atoms with Gasteiger partial charge in [0.2, 0.25) is 0 Å². The van der Waals surface area contributed by atoms with Crippen molar-refractivity contribution in [3.8, 4) is 5.75 Å². The SMILES string of the molecule is COc1ccc(CN=C(NCCc2ccco2)N(C)CC2CCOCC2)cc1. The molecule has 1 aromatic heterocycles. The summed E-state index contributed by atoms with van der Waals surface area (Å²) in [6.07, 6.45) is 4.77. The van der Waals surface area contributed by atoms with Crippen LogP contribution < -0.4 is 10.1 Å². The van der Waals surface area contributed by atoms with E-state index in [9.17, 15) is 0 Å². The molecule has 1 aliphatic rings. The van der Waals surface area contributed by atoms with Crippen molar-refractivity contribution in [2.24, 2.45) is 10.9 Å². The average molecular weight is 386 g/mol. The lowest BCUT2D eigenvalue weighted by atomic mass is 10.00. The largest absolute Gasteiger partial charge is 0.497 e. The molecular weight excluding hydrogens is 354 g/mol. The first kappa shape index (κ1) is 20.3. The smallest absolute Gasteiger partial charge is 0.194 e. The maximum Gasteiger partial charge on any atom is 0.194 e. The molecule has 0 amide bonds. The standard InChI is InChI=1S/C22H31N3O3/c1-25(17-19-10-14-27-15-11-19)22(23-12-9-21-4-3-13-28-21)24-16-18-5-7-20(26-2)8-6-18/h3-8,13,19H,9-12,14-17H2,1-2H3,(H,23,24). The number of furan rings is 1. The van der Waals surface area contributed by atoms with Gasteiger partial charge in [-0.3, -0.25) is 0 Å². The van der Waals surface area contributed by atoms with Gasteiger partial charge in [0, 0.05) is 39.8 Å². The van der Waals surface area contributed by atoms with Crippen molar-refractivity contribution in [3.05, 3.63) is 54.0 Å². The zero-order valence-electron chi connectivity index (χ0n) is 16.9. The topological polar surface area (TPSA) is 59.2 Å². The molecule has 0 radical (unpaired) electrons. The lowest BCUT2D eigenvalue weighted by Crippen LogP contribution is -2.43. The summed E-state index contributed by atoms with van der Waals surface area (Å²) >= 11 is 0. The van der Waals surface area contributed by atoms with E-state index in [2.05, 4.69) is 29.4 Å². The van der Waals surface area contributed by atoms with E-state index in [1.165, 1.54) is 0 Å². The summed E-state index contributed by atoms with van der Waals surface area (Å²) in [4.78, 5) is 7.10. The Morgan fingerprint density at radius 2 is 2.00 bits per heavy atom. The summed E-state index contributed by atoms with van der Waals surface area (Å²) in [6.45, 7) is 4.13. The molecule has 2 heterocycles. The van der Waals surface area contributed by atoms with Gasteiger partial charge in [-0.15, -0.1) is 0 Å². The number of ether oxygens (including phenoxy) is 2. The highest BCUT2D eigenvalue weighted by Crippen LogP contribution is 2.16. The van der Waals surface area contributed by atoms with Gasteiger partial charge in [-0.2, -0.15) is 0 Å². The highest BCUT2D eigenvalue weighted by Gasteiger charge is 2.17. The fourth-order valence-corrected chi connectivity index (χ4v) is 3.36. The van der Waals surface area contributed by atoms with Crippen LogP contribution in [0.4, 0.5) is 0 Å². The predicted molar refractivity (Wildman–Crippen MR) is 111 cm³/mol. The maximum absolute atomic E-state index is 5.49. The third-order valence-electron chi connectivity index (χ3n) is 5.04. The highest BCUT2D eigenvalue weighted by atomic mass is 16.5. The molecule has 28 heavy (non-hydrogen) atoms. The van der Waals surface area contributed by atoms with Gasteiger partial charge in [-0.25, -0.2) is 4.99 Å². The average Bonchev–Trinajstić information content (AvgIpc) is 3.25. The zero-order valence-corrected chi connectivity index (χ0v) is 16.9. The zero-order chi connectivity index (χ0) is 19.6. The monoisotopic (exact) mass is 385 g/mol. The first-order valence-corrected chi connectivity index (χ1v) is 9.97. The van der Waals surface area contributed by atoms with Crippen molar-refractivity contribution >= 4 is 5.96 Å². The molecule has 1 aliphatic heterocycles. The number of nitrogens with one attached hydrogen (secondary N) is 1. The lowest BCUT2D eigenvalue weighted by molar-refractivity contribution is 0.0610. The van der Waals surface area contributed by atoms with E-state index in [1.807, 2.05) is 24.3 Å². The van der Waals surface area contributed by atoms with Crippen LogP contribution in [-0.4, -0.2) is 51.3 Å². The van der Waals surface area contributed by atoms with E-state index >= 15 is 0 Å². The van der Waals surface area contributed by atoms with Gasteiger partial charge in [0.15, 0.2) is 5.96 Å². The van der Waals surface area contributed by atoms with Crippen molar-refractivity contribution in [3.63, 3.8) is 0 Å². The fourth-order valence-electron chi connectivity index (χ4n) is 3.36. The molecule has 6 nitrogen and oxygen atoms in total. The second-order valence-electron chi connectivity index (χ2n) is 7.18. The van der Waals surface area contributed by atoms with Crippen LogP contribution in [0.3, 0.4) is 0 Å². The van der Waals surface area contributed by atoms with Crippen molar-refractivity contribution in [1.29, 1.82) is 0 Å². The number of rotatable bonds is 8. The molecular formula is C22H31N3O3. The summed E-state index contributed by atoms with van der Waals surface area (Å²) in [5.74, 6) is 3.42. The Hall–Kier alpha value is -2.47. The van der Waals surface area contributed by atoms with E-state index in [0.29, 0.717) is 12.5 Å². The Kier molecular flexibility index (Phi) is 7.79. The quantitative estimate of drug-likeness (QED) is 0.558. The normalized spacial score (nSPS) is 15.4. The molecule has 0 spiro atoms. The molecule has 1 N–H and O–H groups in total. The number of benzene rings is 1. The van der Waals surface area contributed by atoms with Crippen LogP contribution >= 0.6 is 0 Å². The Labute approximate surface area is 167 Å². The van der Waals surface area contributed by atoms with Gasteiger partial charge < -0.3 is 24.1 Å². The molecule has 0 saturated carbocycles. The number of guanidine groups is 1. The molecule has 2 aromatic rings. The molecule has 3 rings (SSSR count). The minimum Gasteiger partial charge on any atom is -0.497 e. The summed E-state index contributed by atoms with van der Waals surface area (Å²) in [6, 6.07) is 12.0. The molecule has 0 unspecified atom stereocenters. The summed E-state index contributed by atoms with van der Waals surface area (Å²) in [5.41, 5.74) is 1.16. The third kappa shape index (κ3) is 6.30. The van der Waals surface area contributed by atoms with Crippen molar-refractivity contribution in [2.45, 2.75) is 25.8 Å². The van der Waals surface area contributed by atoms with Gasteiger partial charge in [-0.1, -0.05) is 12.1 Å². The van der Waals surface area contributed by atoms with Crippen molar-refractivity contribution < 1.29 is 13.9 Å². The predicted octanol–water partition coefficient (Wildman–Crippen LogP) is 3.33. The van der Waals surface area contributed by atoms with Crippen LogP contribution in [0.5, 0.6) is 5.75 Å². The van der Waals surface area contributed by atoms with Gasteiger partial charge in [0.25, 0.3) is 0 Å². The summed E-state index contributed by atoms with van der Waals surface area (Å²) in [5, 5.41) is 3.50. The van der Waals surface area contributed by atoms with Crippen LogP contribution in [0.2, 0.25) is 0 Å². The molecule has 1 aromatic carbocycles. The van der Waals surface area contributed by atoms with Crippen LogP contribution in [-0.2, 0) is 17.7 Å². The van der Waals surface area contributed by atoms with Crippen molar-refractivity contribution in [1.82, 2.24) is 10.2 Å². The van der Waals surface area contributed by atoms with E-state index in [1.54, 1.807) is 13.4 Å². The van der Waals surface area contributed by atoms with Gasteiger partial charge in [0.1, 0.15) is 11.5 Å². The molecule has 0 atom stereocenters. The molecule has 1 fully saturated rings. The van der Waals surface area contributed by atoms with E-state index in [-0.39, 0.29) is 0 Å². The van der Waals surface area contributed by atoms with Crippen LogP contribution in [0, 0.1) is 5.92 Å². The molecule has 6 heteroatoms. The van der Waals surface area contributed by atoms with Gasteiger partial charge >= 0.3 is 0 Å². The van der Waals surface area contributed by atoms with E-state index in [0.717, 1.165) is 68.6 Å². The molecule has 1 saturated heterocycles. The van der Waals surface area contributed by atoms with E-state index < -0.39 is 0 Å². The molecule has 152 valence electrons. The Morgan fingerprint density at radius 3 is 2.68 bits per heavy atom. The van der Waals surface area contributed by atoms with E-state index in [4.69, 9.17) is 18.9 Å². The van der Waals surface area contributed by atoms with Crippen LogP contribution in [0.15, 0.2) is 52.1 Å². The molecule has 0 bridgehead atoms. The summed E-state index contributed by atoms with van der Waals surface area (Å²) in [7, 11) is 3.79. The van der Waals surface area contributed by atoms with Gasteiger partial charge in [-0.05, 0) is 48.6 Å². The number of hydrogen-bond donors (Lipinski definition) is 1. The number of nitrogens with zero attached hydrogens (tertiary/aromatic N) is 2. The third-order valence-corrected chi connectivity index (χ3v) is 5.04. The fraction of sp³-hybridized carbons (Fsp3) is 0.500. The van der Waals surface area contributed by atoms with Gasteiger partial charge in [0.05, 0.1) is 19.9 Å². The Bertz CT molecular complexity index is 707. The van der Waals surface area contributed by atoms with Crippen molar-refractivity contribution in [2.75, 3.05) is 40.5 Å². The second kappa shape index (κ2) is 10.8. The Morgan fingerprint density at radius 1 is 1.21 bits per heavy atom. The number of aliphatic imine (C=N–C) groups is 1. The number of methoxy groups -OCH3 is 1.